The van der Waals surface area contributed by atoms with Crippen molar-refractivity contribution in [2.75, 3.05) is 5.32 Å². The third kappa shape index (κ3) is 5.75. The van der Waals surface area contributed by atoms with E-state index in [0.717, 1.165) is 48.5 Å². The Hall–Kier alpha value is -3.73. The number of carbonyl (C=O) groups is 2. The van der Waals surface area contributed by atoms with Crippen molar-refractivity contribution in [3.8, 4) is 11.5 Å². The first-order chi connectivity index (χ1) is 15.5. The van der Waals surface area contributed by atoms with E-state index in [4.69, 9.17) is 16.3 Å². The number of ether oxygens (including phenoxy) is 1. The molecular formula is C21H11ClF6N2O3. The number of anilines is 1. The summed E-state index contributed by atoms with van der Waals surface area (Å²) in [5.41, 5.74) is -2.50. The molecule has 0 unspecified atom stereocenters. The number of nitrogens with one attached hydrogen (secondary N) is 2. The van der Waals surface area contributed by atoms with Crippen molar-refractivity contribution in [3.05, 3.63) is 88.2 Å². The summed E-state index contributed by atoms with van der Waals surface area (Å²) in [6.45, 7) is 0. The third-order valence-electron chi connectivity index (χ3n) is 4.09. The summed E-state index contributed by atoms with van der Waals surface area (Å²) in [6.07, 6.45) is -4.65. The molecule has 3 amide bonds. The van der Waals surface area contributed by atoms with Crippen molar-refractivity contribution in [1.82, 2.24) is 5.32 Å². The van der Waals surface area contributed by atoms with Gasteiger partial charge in [0.15, 0.2) is 0 Å². The van der Waals surface area contributed by atoms with Crippen molar-refractivity contribution in [2.45, 2.75) is 6.18 Å². The quantitative estimate of drug-likeness (QED) is 0.410. The molecule has 0 heterocycles. The smallest absolute Gasteiger partial charge is 0.416 e. The van der Waals surface area contributed by atoms with Gasteiger partial charge in [-0.1, -0.05) is 17.7 Å². The fraction of sp³-hybridized carbons (Fsp3) is 0.0476. The molecule has 0 spiro atoms. The molecule has 5 nitrogen and oxygen atoms in total. The minimum absolute atomic E-state index is 0.163. The summed E-state index contributed by atoms with van der Waals surface area (Å²) in [4.78, 5) is 23.8. The SMILES string of the molecule is O=C(NC(=O)c1c(F)cccc1F)Nc1ccc(Oc2cc(C(F)(F)F)ccc2Cl)cc1F. The molecule has 0 saturated carbocycles. The number of urea groups is 1. The average molecular weight is 489 g/mol. The Balaban J connectivity index is 1.71. The molecule has 3 aromatic rings. The highest BCUT2D eigenvalue weighted by Gasteiger charge is 2.31. The minimum Gasteiger partial charge on any atom is -0.456 e. The molecule has 0 aliphatic heterocycles. The van der Waals surface area contributed by atoms with Gasteiger partial charge in [-0.15, -0.1) is 0 Å². The molecule has 0 saturated heterocycles. The normalized spacial score (nSPS) is 11.1. The lowest BCUT2D eigenvalue weighted by molar-refractivity contribution is -0.137. The van der Waals surface area contributed by atoms with E-state index < -0.39 is 52.4 Å². The Morgan fingerprint density at radius 2 is 1.55 bits per heavy atom. The first-order valence-corrected chi connectivity index (χ1v) is 9.24. The summed E-state index contributed by atoms with van der Waals surface area (Å²) >= 11 is 5.82. The van der Waals surface area contributed by atoms with Crippen LogP contribution in [0, 0.1) is 17.5 Å². The second kappa shape index (κ2) is 9.41. The first-order valence-electron chi connectivity index (χ1n) is 8.86. The third-order valence-corrected chi connectivity index (χ3v) is 4.40. The Bertz CT molecular complexity index is 1210. The van der Waals surface area contributed by atoms with Gasteiger partial charge in [-0.05, 0) is 42.5 Å². The van der Waals surface area contributed by atoms with Crippen LogP contribution in [0.2, 0.25) is 5.02 Å². The van der Waals surface area contributed by atoms with Gasteiger partial charge < -0.3 is 10.1 Å². The highest BCUT2D eigenvalue weighted by atomic mass is 35.5. The van der Waals surface area contributed by atoms with Gasteiger partial charge in [-0.2, -0.15) is 13.2 Å². The molecule has 0 aliphatic carbocycles. The van der Waals surface area contributed by atoms with Gasteiger partial charge in [0, 0.05) is 6.07 Å². The van der Waals surface area contributed by atoms with Crippen LogP contribution < -0.4 is 15.4 Å². The number of alkyl halides is 3. The fourth-order valence-corrected chi connectivity index (χ4v) is 2.74. The molecule has 0 aliphatic rings. The molecule has 2 N–H and O–H groups in total. The molecule has 0 aromatic heterocycles. The topological polar surface area (TPSA) is 67.4 Å². The van der Waals surface area contributed by atoms with Crippen LogP contribution in [0.5, 0.6) is 11.5 Å². The van der Waals surface area contributed by atoms with Gasteiger partial charge in [0.1, 0.15) is 34.5 Å². The number of hydrogen-bond acceptors (Lipinski definition) is 3. The predicted molar refractivity (Wildman–Crippen MR) is 106 cm³/mol. The van der Waals surface area contributed by atoms with Crippen LogP contribution in [0.25, 0.3) is 0 Å². The molecular weight excluding hydrogens is 478 g/mol. The minimum atomic E-state index is -4.65. The van der Waals surface area contributed by atoms with Crippen LogP contribution in [0.4, 0.5) is 36.8 Å². The summed E-state index contributed by atoms with van der Waals surface area (Å²) < 4.78 is 85.3. The molecule has 3 rings (SSSR count). The van der Waals surface area contributed by atoms with E-state index in [2.05, 4.69) is 0 Å². The van der Waals surface area contributed by atoms with E-state index >= 15 is 0 Å². The molecule has 172 valence electrons. The monoisotopic (exact) mass is 488 g/mol. The molecule has 0 fully saturated rings. The van der Waals surface area contributed by atoms with Crippen LogP contribution in [0.15, 0.2) is 54.6 Å². The maximum Gasteiger partial charge on any atom is 0.416 e. The van der Waals surface area contributed by atoms with Gasteiger partial charge >= 0.3 is 12.2 Å². The number of hydrogen-bond donors (Lipinski definition) is 2. The van der Waals surface area contributed by atoms with Gasteiger partial charge in [-0.25, -0.2) is 18.0 Å². The highest BCUT2D eigenvalue weighted by Crippen LogP contribution is 2.37. The molecule has 3 aromatic carbocycles. The maximum absolute atomic E-state index is 14.3. The summed E-state index contributed by atoms with van der Waals surface area (Å²) in [5.74, 6) is -5.54. The van der Waals surface area contributed by atoms with Gasteiger partial charge in [0.25, 0.3) is 5.91 Å². The summed E-state index contributed by atoms with van der Waals surface area (Å²) in [6, 6.07) is 6.52. The highest BCUT2D eigenvalue weighted by molar-refractivity contribution is 6.32. The Labute approximate surface area is 186 Å². The number of rotatable bonds is 4. The zero-order chi connectivity index (χ0) is 24.3. The second-order valence-electron chi connectivity index (χ2n) is 6.39. The lowest BCUT2D eigenvalue weighted by atomic mass is 10.2. The second-order valence-corrected chi connectivity index (χ2v) is 6.80. The number of amides is 3. The van der Waals surface area contributed by atoms with Crippen molar-refractivity contribution in [1.29, 1.82) is 0 Å². The fourth-order valence-electron chi connectivity index (χ4n) is 2.58. The number of halogens is 7. The van der Waals surface area contributed by atoms with E-state index in [1.165, 1.54) is 0 Å². The van der Waals surface area contributed by atoms with Gasteiger partial charge in [0.2, 0.25) is 0 Å². The van der Waals surface area contributed by atoms with Crippen LogP contribution in [-0.4, -0.2) is 11.9 Å². The van der Waals surface area contributed by atoms with Crippen molar-refractivity contribution in [2.24, 2.45) is 0 Å². The molecule has 0 radical (unpaired) electrons. The largest absolute Gasteiger partial charge is 0.456 e. The summed E-state index contributed by atoms with van der Waals surface area (Å²) in [5, 5.41) is 3.44. The van der Waals surface area contributed by atoms with E-state index in [1.807, 2.05) is 5.32 Å². The van der Waals surface area contributed by atoms with Crippen molar-refractivity contribution in [3.63, 3.8) is 0 Å². The predicted octanol–water partition coefficient (Wildman–Crippen LogP) is 6.53. The zero-order valence-electron chi connectivity index (χ0n) is 16.1. The lowest BCUT2D eigenvalue weighted by Crippen LogP contribution is -2.35. The summed E-state index contributed by atoms with van der Waals surface area (Å²) in [7, 11) is 0. The Morgan fingerprint density at radius 3 is 2.15 bits per heavy atom. The number of carbonyl (C=O) groups excluding carboxylic acids is 2. The van der Waals surface area contributed by atoms with Crippen molar-refractivity contribution >= 4 is 29.2 Å². The molecule has 12 heteroatoms. The Morgan fingerprint density at radius 1 is 0.879 bits per heavy atom. The van der Waals surface area contributed by atoms with E-state index in [9.17, 15) is 35.9 Å². The Kier molecular flexibility index (Phi) is 6.82. The van der Waals surface area contributed by atoms with Gasteiger partial charge in [0.05, 0.1) is 16.3 Å². The average Bonchev–Trinajstić information content (AvgIpc) is 2.70. The van der Waals surface area contributed by atoms with E-state index in [1.54, 1.807) is 5.32 Å². The van der Waals surface area contributed by atoms with Crippen LogP contribution >= 0.6 is 11.6 Å². The van der Waals surface area contributed by atoms with Crippen LogP contribution in [-0.2, 0) is 6.18 Å². The van der Waals surface area contributed by atoms with E-state index in [0.29, 0.717) is 6.07 Å². The van der Waals surface area contributed by atoms with Gasteiger partial charge in [-0.3, -0.25) is 10.1 Å². The molecule has 33 heavy (non-hydrogen) atoms. The molecule has 0 bridgehead atoms. The van der Waals surface area contributed by atoms with Crippen LogP contribution in [0.1, 0.15) is 15.9 Å². The van der Waals surface area contributed by atoms with Crippen LogP contribution in [0.3, 0.4) is 0 Å². The lowest BCUT2D eigenvalue weighted by Gasteiger charge is -2.13. The first kappa shape index (κ1) is 23.9. The van der Waals surface area contributed by atoms with Crippen molar-refractivity contribution < 1.29 is 40.7 Å². The maximum atomic E-state index is 14.3. The van der Waals surface area contributed by atoms with E-state index in [-0.39, 0.29) is 16.5 Å². The number of benzene rings is 3. The standard InChI is InChI=1S/C21H11ClF6N2O3/c22-12-6-4-10(21(26,27)28)8-17(12)33-11-5-7-16(15(25)9-11)29-20(32)30-19(31)18-13(23)2-1-3-14(18)24/h1-9H,(H2,29,30,31,32). The zero-order valence-corrected chi connectivity index (χ0v) is 16.8. The molecule has 0 atom stereocenters. The number of imide groups is 1.